The third kappa shape index (κ3) is 6.24. The molecule has 0 aliphatic heterocycles. The van der Waals surface area contributed by atoms with Crippen molar-refractivity contribution in [1.29, 1.82) is 0 Å². The molecule has 0 aliphatic rings. The van der Waals surface area contributed by atoms with Gasteiger partial charge in [0.1, 0.15) is 6.04 Å². The summed E-state index contributed by atoms with van der Waals surface area (Å²) in [5, 5.41) is 20.3. The van der Waals surface area contributed by atoms with Gasteiger partial charge in [0.05, 0.1) is 6.61 Å². The third-order valence-electron chi connectivity index (χ3n) is 2.31. The van der Waals surface area contributed by atoms with Gasteiger partial charge >= 0.3 is 12.0 Å². The summed E-state index contributed by atoms with van der Waals surface area (Å²) in [4.78, 5) is 24.1. The lowest BCUT2D eigenvalue weighted by atomic mass is 10.0. The predicted octanol–water partition coefficient (Wildman–Crippen LogP) is 0.676. The Labute approximate surface area is 107 Å². The van der Waals surface area contributed by atoms with Gasteiger partial charge in [-0.15, -0.1) is 6.58 Å². The SMILES string of the molecule is C=CCN(CCO)C(=O)N[C@H](CC(C)C)C(=O)O. The number of amides is 2. The van der Waals surface area contributed by atoms with Crippen LogP contribution < -0.4 is 5.32 Å². The highest BCUT2D eigenvalue weighted by Gasteiger charge is 2.23. The second-order valence-corrected chi connectivity index (χ2v) is 4.43. The van der Waals surface area contributed by atoms with E-state index in [9.17, 15) is 9.59 Å². The first-order valence-electron chi connectivity index (χ1n) is 5.92. The van der Waals surface area contributed by atoms with Crippen molar-refractivity contribution in [3.8, 4) is 0 Å². The topological polar surface area (TPSA) is 89.9 Å². The number of nitrogens with one attached hydrogen (secondary N) is 1. The Hall–Kier alpha value is -1.56. The van der Waals surface area contributed by atoms with Crippen molar-refractivity contribution in [3.05, 3.63) is 12.7 Å². The maximum Gasteiger partial charge on any atom is 0.326 e. The molecule has 0 aliphatic carbocycles. The van der Waals surface area contributed by atoms with Crippen LogP contribution in [0.15, 0.2) is 12.7 Å². The summed E-state index contributed by atoms with van der Waals surface area (Å²) in [5.41, 5.74) is 0. The highest BCUT2D eigenvalue weighted by Crippen LogP contribution is 2.05. The van der Waals surface area contributed by atoms with E-state index in [-0.39, 0.29) is 25.6 Å². The van der Waals surface area contributed by atoms with Crippen molar-refractivity contribution in [2.75, 3.05) is 19.7 Å². The van der Waals surface area contributed by atoms with Gasteiger partial charge < -0.3 is 20.4 Å². The Balaban J connectivity index is 4.54. The fourth-order valence-corrected chi connectivity index (χ4v) is 1.49. The smallest absolute Gasteiger partial charge is 0.326 e. The first kappa shape index (κ1) is 16.4. The standard InChI is InChI=1S/C12H22N2O4/c1-4-5-14(6-7-15)12(18)13-10(11(16)17)8-9(2)3/h4,9-10,15H,1,5-8H2,2-3H3,(H,13,18)(H,16,17)/t10-/m1/s1. The number of carbonyl (C=O) groups is 2. The van der Waals surface area contributed by atoms with Crippen molar-refractivity contribution in [3.63, 3.8) is 0 Å². The molecule has 0 aromatic rings. The molecule has 1 atom stereocenters. The number of hydrogen-bond acceptors (Lipinski definition) is 3. The molecular weight excluding hydrogens is 236 g/mol. The average molecular weight is 258 g/mol. The van der Waals surface area contributed by atoms with Crippen LogP contribution in [-0.4, -0.2) is 52.9 Å². The highest BCUT2D eigenvalue weighted by atomic mass is 16.4. The molecule has 3 N–H and O–H groups in total. The zero-order valence-corrected chi connectivity index (χ0v) is 10.9. The van der Waals surface area contributed by atoms with E-state index in [1.165, 1.54) is 11.0 Å². The number of hydrogen-bond donors (Lipinski definition) is 3. The van der Waals surface area contributed by atoms with Crippen LogP contribution in [0.2, 0.25) is 0 Å². The highest BCUT2D eigenvalue weighted by molar-refractivity contribution is 5.82. The Kier molecular flexibility index (Phi) is 7.78. The zero-order valence-electron chi connectivity index (χ0n) is 10.9. The molecule has 0 aromatic heterocycles. The minimum absolute atomic E-state index is 0.145. The van der Waals surface area contributed by atoms with Gasteiger partial charge in [-0.1, -0.05) is 19.9 Å². The number of carboxylic acid groups (broad SMARTS) is 1. The van der Waals surface area contributed by atoms with Crippen LogP contribution in [0, 0.1) is 5.92 Å². The molecule has 6 nitrogen and oxygen atoms in total. The molecular formula is C12H22N2O4. The molecule has 0 bridgehead atoms. The van der Waals surface area contributed by atoms with E-state index in [0.717, 1.165) is 0 Å². The normalized spacial score (nSPS) is 12.0. The minimum atomic E-state index is -1.06. The summed E-state index contributed by atoms with van der Waals surface area (Å²) in [6.45, 7) is 7.51. The minimum Gasteiger partial charge on any atom is -0.480 e. The van der Waals surface area contributed by atoms with Crippen LogP contribution in [0.4, 0.5) is 4.79 Å². The fraction of sp³-hybridized carbons (Fsp3) is 0.667. The largest absolute Gasteiger partial charge is 0.480 e. The second kappa shape index (κ2) is 8.52. The zero-order chi connectivity index (χ0) is 14.1. The molecule has 0 rings (SSSR count). The summed E-state index contributed by atoms with van der Waals surface area (Å²) < 4.78 is 0. The number of urea groups is 1. The van der Waals surface area contributed by atoms with Gasteiger partial charge in [0.25, 0.3) is 0 Å². The van der Waals surface area contributed by atoms with E-state index in [1.54, 1.807) is 0 Å². The molecule has 18 heavy (non-hydrogen) atoms. The summed E-state index contributed by atoms with van der Waals surface area (Å²) >= 11 is 0. The van der Waals surface area contributed by atoms with Crippen LogP contribution in [0.25, 0.3) is 0 Å². The molecule has 0 radical (unpaired) electrons. The van der Waals surface area contributed by atoms with E-state index < -0.39 is 18.0 Å². The molecule has 0 unspecified atom stereocenters. The molecule has 0 saturated heterocycles. The van der Waals surface area contributed by atoms with E-state index in [2.05, 4.69) is 11.9 Å². The Morgan fingerprint density at radius 1 is 1.44 bits per heavy atom. The molecule has 104 valence electrons. The Morgan fingerprint density at radius 3 is 2.44 bits per heavy atom. The van der Waals surface area contributed by atoms with Gasteiger partial charge in [-0.25, -0.2) is 9.59 Å². The number of nitrogens with zero attached hydrogens (tertiary/aromatic N) is 1. The van der Waals surface area contributed by atoms with Crippen LogP contribution in [0.5, 0.6) is 0 Å². The Bertz CT molecular complexity index is 292. The summed E-state index contributed by atoms with van der Waals surface area (Å²) in [5.74, 6) is -0.892. The van der Waals surface area contributed by atoms with E-state index in [0.29, 0.717) is 6.42 Å². The van der Waals surface area contributed by atoms with Gasteiger partial charge in [0, 0.05) is 13.1 Å². The molecule has 6 heteroatoms. The maximum absolute atomic E-state index is 11.8. The average Bonchev–Trinajstić information content (AvgIpc) is 2.27. The van der Waals surface area contributed by atoms with E-state index >= 15 is 0 Å². The number of aliphatic hydroxyl groups excluding tert-OH is 1. The molecule has 0 heterocycles. The first-order chi connectivity index (χ1) is 8.42. The van der Waals surface area contributed by atoms with Gasteiger partial charge in [-0.3, -0.25) is 0 Å². The molecule has 2 amide bonds. The molecule has 0 fully saturated rings. The number of carboxylic acids is 1. The first-order valence-corrected chi connectivity index (χ1v) is 5.92. The van der Waals surface area contributed by atoms with E-state index in [1.807, 2.05) is 13.8 Å². The number of rotatable bonds is 8. The third-order valence-corrected chi connectivity index (χ3v) is 2.31. The lowest BCUT2D eigenvalue weighted by molar-refractivity contribution is -0.139. The lowest BCUT2D eigenvalue weighted by Crippen LogP contribution is -2.49. The second-order valence-electron chi connectivity index (χ2n) is 4.43. The molecule has 0 saturated carbocycles. The van der Waals surface area contributed by atoms with Gasteiger partial charge in [-0.05, 0) is 12.3 Å². The number of aliphatic carboxylic acids is 1. The van der Waals surface area contributed by atoms with Crippen LogP contribution in [-0.2, 0) is 4.79 Å². The van der Waals surface area contributed by atoms with Gasteiger partial charge in [0.15, 0.2) is 0 Å². The van der Waals surface area contributed by atoms with Crippen LogP contribution in [0.3, 0.4) is 0 Å². The van der Waals surface area contributed by atoms with Crippen molar-refractivity contribution in [1.82, 2.24) is 10.2 Å². The molecule has 0 spiro atoms. The number of carbonyl (C=O) groups excluding carboxylic acids is 1. The van der Waals surface area contributed by atoms with E-state index in [4.69, 9.17) is 10.2 Å². The quantitative estimate of drug-likeness (QED) is 0.558. The van der Waals surface area contributed by atoms with Crippen molar-refractivity contribution >= 4 is 12.0 Å². The van der Waals surface area contributed by atoms with Crippen LogP contribution in [0.1, 0.15) is 20.3 Å². The summed E-state index contributed by atoms with van der Waals surface area (Å²) in [6.07, 6.45) is 1.88. The van der Waals surface area contributed by atoms with Crippen molar-refractivity contribution in [2.24, 2.45) is 5.92 Å². The van der Waals surface area contributed by atoms with Gasteiger partial charge in [-0.2, -0.15) is 0 Å². The van der Waals surface area contributed by atoms with Gasteiger partial charge in [0.2, 0.25) is 0 Å². The lowest BCUT2D eigenvalue weighted by Gasteiger charge is -2.24. The number of aliphatic hydroxyl groups is 1. The Morgan fingerprint density at radius 2 is 2.06 bits per heavy atom. The fourth-order valence-electron chi connectivity index (χ4n) is 1.49. The molecule has 0 aromatic carbocycles. The van der Waals surface area contributed by atoms with Crippen LogP contribution >= 0.6 is 0 Å². The van der Waals surface area contributed by atoms with Crippen molar-refractivity contribution in [2.45, 2.75) is 26.3 Å². The maximum atomic E-state index is 11.8. The summed E-state index contributed by atoms with van der Waals surface area (Å²) in [7, 11) is 0. The summed E-state index contributed by atoms with van der Waals surface area (Å²) in [6, 6.07) is -1.42. The van der Waals surface area contributed by atoms with Crippen molar-refractivity contribution < 1.29 is 19.8 Å². The predicted molar refractivity (Wildman–Crippen MR) is 68.3 cm³/mol. The monoisotopic (exact) mass is 258 g/mol.